The number of hydrogen-bond donors (Lipinski definition) is 2. The van der Waals surface area contributed by atoms with E-state index in [1.807, 2.05) is 27.7 Å². The average Bonchev–Trinajstić information content (AvgIpc) is 2.94. The Hall–Kier alpha value is -4.34. The van der Waals surface area contributed by atoms with E-state index in [4.69, 9.17) is 9.47 Å². The number of ether oxygens (including phenoxy) is 2. The number of esters is 2. The lowest BCUT2D eigenvalue weighted by Crippen LogP contribution is -2.28. The largest absolute Gasteiger partial charge is 0.456 e. The molecular formula is C30H34N2O8. The highest BCUT2D eigenvalue weighted by molar-refractivity contribution is 6.32. The van der Waals surface area contributed by atoms with Crippen molar-refractivity contribution >= 4 is 46.7 Å². The highest BCUT2D eigenvalue weighted by atomic mass is 16.5. The zero-order valence-corrected chi connectivity index (χ0v) is 23.1. The minimum absolute atomic E-state index is 0.0313. The lowest BCUT2D eigenvalue weighted by atomic mass is 9.82. The summed E-state index contributed by atoms with van der Waals surface area (Å²) in [7, 11) is 0. The molecule has 0 bridgehead atoms. The minimum Gasteiger partial charge on any atom is -0.456 e. The fraction of sp³-hybridized carbons (Fsp3) is 0.400. The summed E-state index contributed by atoms with van der Waals surface area (Å²) in [5.41, 5.74) is 0.160. The molecule has 0 saturated heterocycles. The van der Waals surface area contributed by atoms with Gasteiger partial charge in [-0.05, 0) is 24.0 Å². The van der Waals surface area contributed by atoms with Gasteiger partial charge in [0, 0.05) is 24.0 Å². The van der Waals surface area contributed by atoms with E-state index in [1.54, 1.807) is 12.1 Å². The summed E-state index contributed by atoms with van der Waals surface area (Å²) in [5.74, 6) is -3.25. The summed E-state index contributed by atoms with van der Waals surface area (Å²) >= 11 is 0. The molecule has 0 saturated carbocycles. The molecule has 2 aromatic carbocycles. The summed E-state index contributed by atoms with van der Waals surface area (Å²) in [6.07, 6.45) is 1.91. The smallest absolute Gasteiger partial charge is 0.306 e. The molecule has 2 N–H and O–H groups in total. The molecule has 0 radical (unpaired) electrons. The fourth-order valence-electron chi connectivity index (χ4n) is 4.07. The number of rotatable bonds is 12. The van der Waals surface area contributed by atoms with Crippen LogP contribution in [0.15, 0.2) is 36.4 Å². The number of ketones is 2. The molecule has 1 aliphatic rings. The molecule has 10 heteroatoms. The van der Waals surface area contributed by atoms with E-state index < -0.39 is 48.5 Å². The molecule has 2 atom stereocenters. The van der Waals surface area contributed by atoms with E-state index >= 15 is 0 Å². The molecule has 0 aromatic heterocycles. The van der Waals surface area contributed by atoms with Gasteiger partial charge >= 0.3 is 11.9 Å². The number of carbonyl (C=O) groups is 6. The van der Waals surface area contributed by atoms with Crippen LogP contribution in [0.5, 0.6) is 0 Å². The second-order valence-electron chi connectivity index (χ2n) is 9.97. The normalized spacial score (nSPS) is 13.4. The number of amides is 2. The Morgan fingerprint density at radius 3 is 1.40 bits per heavy atom. The van der Waals surface area contributed by atoms with Gasteiger partial charge in [-0.2, -0.15) is 0 Å². The predicted octanol–water partition coefficient (Wildman–Crippen LogP) is 4.30. The van der Waals surface area contributed by atoms with Crippen molar-refractivity contribution in [1.82, 2.24) is 0 Å². The molecule has 2 unspecified atom stereocenters. The zero-order chi connectivity index (χ0) is 29.4. The third-order valence-corrected chi connectivity index (χ3v) is 6.78. The van der Waals surface area contributed by atoms with Gasteiger partial charge < -0.3 is 20.1 Å². The van der Waals surface area contributed by atoms with Crippen molar-refractivity contribution in [1.29, 1.82) is 0 Å². The van der Waals surface area contributed by atoms with E-state index in [9.17, 15) is 28.8 Å². The lowest BCUT2D eigenvalue weighted by Gasteiger charge is -2.23. The molecule has 3 rings (SSSR count). The van der Waals surface area contributed by atoms with Gasteiger partial charge in [-0.15, -0.1) is 0 Å². The fourth-order valence-corrected chi connectivity index (χ4v) is 4.07. The van der Waals surface area contributed by atoms with Crippen molar-refractivity contribution in [3.8, 4) is 0 Å². The summed E-state index contributed by atoms with van der Waals surface area (Å²) in [5, 5.41) is 5.10. The van der Waals surface area contributed by atoms with Crippen molar-refractivity contribution in [3.63, 3.8) is 0 Å². The van der Waals surface area contributed by atoms with Crippen molar-refractivity contribution in [2.75, 3.05) is 23.8 Å². The van der Waals surface area contributed by atoms with Gasteiger partial charge in [0.25, 0.3) is 11.8 Å². The first-order valence-electron chi connectivity index (χ1n) is 13.3. The molecular weight excluding hydrogens is 516 g/mol. The van der Waals surface area contributed by atoms with Crippen LogP contribution >= 0.6 is 0 Å². The first-order chi connectivity index (χ1) is 19.0. The monoisotopic (exact) mass is 550 g/mol. The van der Waals surface area contributed by atoms with Crippen LogP contribution in [0.25, 0.3) is 0 Å². The van der Waals surface area contributed by atoms with Crippen LogP contribution < -0.4 is 10.6 Å². The zero-order valence-electron chi connectivity index (χ0n) is 23.1. The number of fused-ring (bicyclic) bond motifs is 2. The van der Waals surface area contributed by atoms with Crippen LogP contribution in [0.4, 0.5) is 11.4 Å². The van der Waals surface area contributed by atoms with Gasteiger partial charge in [-0.1, -0.05) is 64.8 Å². The number of anilines is 2. The van der Waals surface area contributed by atoms with Crippen LogP contribution in [0, 0.1) is 11.8 Å². The maximum absolute atomic E-state index is 13.5. The lowest BCUT2D eigenvalue weighted by molar-refractivity contribution is -0.148. The first kappa shape index (κ1) is 30.2. The van der Waals surface area contributed by atoms with Gasteiger partial charge in [0.15, 0.2) is 24.8 Å². The maximum Gasteiger partial charge on any atom is 0.306 e. The number of benzene rings is 2. The van der Waals surface area contributed by atoms with E-state index in [1.165, 1.54) is 24.3 Å². The first-order valence-corrected chi connectivity index (χ1v) is 13.3. The predicted molar refractivity (Wildman–Crippen MR) is 147 cm³/mol. The Morgan fingerprint density at radius 2 is 1.05 bits per heavy atom. The number of nitrogens with one attached hydrogen (secondary N) is 2. The summed E-state index contributed by atoms with van der Waals surface area (Å²) < 4.78 is 10.1. The Morgan fingerprint density at radius 1 is 0.675 bits per heavy atom. The average molecular weight is 551 g/mol. The third-order valence-electron chi connectivity index (χ3n) is 6.78. The Bertz CT molecular complexity index is 1230. The molecule has 2 amide bonds. The summed E-state index contributed by atoms with van der Waals surface area (Å²) in [4.78, 5) is 76.1. The molecule has 212 valence electrons. The van der Waals surface area contributed by atoms with Crippen LogP contribution in [-0.4, -0.2) is 48.5 Å². The molecule has 0 aliphatic heterocycles. The van der Waals surface area contributed by atoms with Gasteiger partial charge in [0.05, 0.1) is 22.5 Å². The maximum atomic E-state index is 13.5. The van der Waals surface area contributed by atoms with Crippen molar-refractivity contribution in [2.24, 2.45) is 11.8 Å². The molecule has 0 spiro atoms. The van der Waals surface area contributed by atoms with E-state index in [0.717, 1.165) is 12.8 Å². The second-order valence-corrected chi connectivity index (χ2v) is 9.97. The Kier molecular flexibility index (Phi) is 10.3. The van der Waals surface area contributed by atoms with Crippen molar-refractivity contribution in [2.45, 2.75) is 53.4 Å². The van der Waals surface area contributed by atoms with E-state index in [-0.39, 0.29) is 58.3 Å². The van der Waals surface area contributed by atoms with Crippen LogP contribution in [-0.2, 0) is 28.7 Å². The molecule has 10 nitrogen and oxygen atoms in total. The molecule has 2 aromatic rings. The van der Waals surface area contributed by atoms with E-state index in [2.05, 4.69) is 10.6 Å². The molecule has 0 heterocycles. The van der Waals surface area contributed by atoms with Crippen LogP contribution in [0.1, 0.15) is 85.2 Å². The number of carbonyl (C=O) groups excluding carboxylic acids is 6. The van der Waals surface area contributed by atoms with Crippen LogP contribution in [0.3, 0.4) is 0 Å². The SMILES string of the molecule is CCC(C)CC(=O)OCC(=O)Nc1ccc(NC(=O)COC(=O)CC(C)CC)c2c1C(=O)c1ccccc1C2=O. The summed E-state index contributed by atoms with van der Waals surface area (Å²) in [6.45, 7) is 6.54. The quantitative estimate of drug-likeness (QED) is 0.318. The third kappa shape index (κ3) is 7.40. The number of hydrogen-bond acceptors (Lipinski definition) is 8. The van der Waals surface area contributed by atoms with Gasteiger partial charge in [-0.25, -0.2) is 0 Å². The standard InChI is InChI=1S/C30H34N2O8/c1-5-17(3)13-25(35)39-15-23(33)31-21-11-12-22(32-24(34)16-40-26(36)14-18(4)6-2)28-27(21)29(37)19-9-7-8-10-20(19)30(28)38/h7-12,17-18H,5-6,13-16H2,1-4H3,(H,31,33)(H,32,34). The van der Waals surface area contributed by atoms with Gasteiger partial charge in [0.2, 0.25) is 0 Å². The van der Waals surface area contributed by atoms with Crippen molar-refractivity contribution < 1.29 is 38.2 Å². The second kappa shape index (κ2) is 13.6. The molecule has 0 fully saturated rings. The summed E-state index contributed by atoms with van der Waals surface area (Å²) in [6, 6.07) is 8.99. The topological polar surface area (TPSA) is 145 Å². The van der Waals surface area contributed by atoms with E-state index in [0.29, 0.717) is 0 Å². The highest BCUT2D eigenvalue weighted by Crippen LogP contribution is 2.36. The Labute approximate surface area is 232 Å². The van der Waals surface area contributed by atoms with Gasteiger partial charge in [0.1, 0.15) is 0 Å². The minimum atomic E-state index is -0.691. The molecule has 40 heavy (non-hydrogen) atoms. The Balaban J connectivity index is 1.84. The highest BCUT2D eigenvalue weighted by Gasteiger charge is 2.34. The van der Waals surface area contributed by atoms with Crippen LogP contribution in [0.2, 0.25) is 0 Å². The van der Waals surface area contributed by atoms with Gasteiger partial charge in [-0.3, -0.25) is 28.8 Å². The van der Waals surface area contributed by atoms with Crippen molar-refractivity contribution in [3.05, 3.63) is 58.7 Å². The molecule has 1 aliphatic carbocycles.